The Balaban J connectivity index is 1.65. The summed E-state index contributed by atoms with van der Waals surface area (Å²) in [6.45, 7) is 6.24. The van der Waals surface area contributed by atoms with Gasteiger partial charge in [-0.1, -0.05) is 30.3 Å². The van der Waals surface area contributed by atoms with Crippen LogP contribution in [0.25, 0.3) is 10.8 Å². The minimum absolute atomic E-state index is 0.222. The summed E-state index contributed by atoms with van der Waals surface area (Å²) in [5, 5.41) is 5.60. The van der Waals surface area contributed by atoms with Crippen LogP contribution in [-0.2, 0) is 13.0 Å². The highest BCUT2D eigenvalue weighted by Crippen LogP contribution is 2.35. The van der Waals surface area contributed by atoms with E-state index in [0.717, 1.165) is 40.7 Å². The molecule has 2 amide bonds. The van der Waals surface area contributed by atoms with Crippen LogP contribution in [0.15, 0.2) is 42.5 Å². The average Bonchev–Trinajstić information content (AvgIpc) is 3.04. The van der Waals surface area contributed by atoms with E-state index in [-0.39, 0.29) is 5.91 Å². The fraction of sp³-hybridized carbons (Fsp3) is 0.273. The number of nitrogens with one attached hydrogen (secondary N) is 2. The predicted octanol–water partition coefficient (Wildman–Crippen LogP) is 2.60. The third-order valence-electron chi connectivity index (χ3n) is 5.48. The first-order chi connectivity index (χ1) is 13.4. The number of benzene rings is 2. The number of amides is 2. The number of hydrogen-bond donors (Lipinski definition) is 3. The smallest absolute Gasteiger partial charge is 0.256 e. The molecule has 1 aromatic heterocycles. The molecule has 1 unspecified atom stereocenters. The van der Waals surface area contributed by atoms with Gasteiger partial charge in [-0.05, 0) is 42.3 Å². The van der Waals surface area contributed by atoms with E-state index in [0.29, 0.717) is 22.2 Å². The molecule has 4 rings (SSSR count). The Kier molecular flexibility index (Phi) is 4.91. The highest BCUT2D eigenvalue weighted by Gasteiger charge is 2.30. The third-order valence-corrected chi connectivity index (χ3v) is 6.62. The summed E-state index contributed by atoms with van der Waals surface area (Å²) in [5.41, 5.74) is 7.73. The van der Waals surface area contributed by atoms with Gasteiger partial charge >= 0.3 is 0 Å². The number of quaternary nitrogens is 1. The van der Waals surface area contributed by atoms with Crippen LogP contribution < -0.4 is 16.0 Å². The number of carbonyl (C=O) groups is 2. The molecule has 0 spiro atoms. The first kappa shape index (κ1) is 18.7. The van der Waals surface area contributed by atoms with Gasteiger partial charge in [-0.15, -0.1) is 11.3 Å². The van der Waals surface area contributed by atoms with Crippen LogP contribution in [0.3, 0.4) is 0 Å². The van der Waals surface area contributed by atoms with Gasteiger partial charge in [0.05, 0.1) is 23.0 Å². The van der Waals surface area contributed by atoms with Crippen LogP contribution in [-0.4, -0.2) is 24.4 Å². The Labute approximate surface area is 168 Å². The minimum Gasteiger partial charge on any atom is -0.365 e. The molecule has 0 fully saturated rings. The quantitative estimate of drug-likeness (QED) is 0.636. The topological polar surface area (TPSA) is 76.6 Å². The van der Waals surface area contributed by atoms with E-state index in [2.05, 4.69) is 19.2 Å². The molecule has 28 heavy (non-hydrogen) atoms. The van der Waals surface area contributed by atoms with Crippen molar-refractivity contribution < 1.29 is 14.5 Å². The van der Waals surface area contributed by atoms with Crippen molar-refractivity contribution in [1.29, 1.82) is 0 Å². The second-order valence-corrected chi connectivity index (χ2v) is 8.68. The molecule has 1 aliphatic rings. The number of primary amides is 1. The third kappa shape index (κ3) is 3.41. The van der Waals surface area contributed by atoms with Crippen molar-refractivity contribution in [2.24, 2.45) is 5.73 Å². The number of nitrogens with two attached hydrogens (primary N) is 1. The SMILES string of the molecule is CC(C)[NH+]1CCc2c(sc(NC(=O)c3ccc4ccccc4c3)c2C(N)=O)C1. The number of rotatable bonds is 4. The predicted molar refractivity (Wildman–Crippen MR) is 113 cm³/mol. The molecule has 6 heteroatoms. The Morgan fingerprint density at radius 3 is 2.61 bits per heavy atom. The summed E-state index contributed by atoms with van der Waals surface area (Å²) in [6.07, 6.45) is 0.809. The molecular weight excluding hydrogens is 370 g/mol. The fourth-order valence-corrected chi connectivity index (χ4v) is 5.15. The molecule has 1 aliphatic heterocycles. The van der Waals surface area contributed by atoms with Crippen molar-refractivity contribution in [3.8, 4) is 0 Å². The second-order valence-electron chi connectivity index (χ2n) is 7.58. The lowest BCUT2D eigenvalue weighted by Gasteiger charge is -2.27. The Hall–Kier alpha value is -2.70. The fourth-order valence-electron chi connectivity index (χ4n) is 3.85. The summed E-state index contributed by atoms with van der Waals surface area (Å²) in [6, 6.07) is 14.0. The molecule has 0 saturated heterocycles. The van der Waals surface area contributed by atoms with Crippen molar-refractivity contribution in [2.45, 2.75) is 32.9 Å². The molecule has 0 aliphatic carbocycles. The number of hydrogen-bond acceptors (Lipinski definition) is 3. The zero-order valence-electron chi connectivity index (χ0n) is 16.0. The van der Waals surface area contributed by atoms with Crippen molar-refractivity contribution in [2.75, 3.05) is 11.9 Å². The largest absolute Gasteiger partial charge is 0.365 e. The van der Waals surface area contributed by atoms with Gasteiger partial charge in [0.1, 0.15) is 11.5 Å². The van der Waals surface area contributed by atoms with Crippen molar-refractivity contribution in [3.05, 3.63) is 64.0 Å². The van der Waals surface area contributed by atoms with Crippen LogP contribution >= 0.6 is 11.3 Å². The summed E-state index contributed by atoms with van der Waals surface area (Å²) >= 11 is 1.48. The molecule has 3 aromatic rings. The van der Waals surface area contributed by atoms with Gasteiger partial charge in [-0.2, -0.15) is 0 Å². The first-order valence-corrected chi connectivity index (χ1v) is 10.3. The Bertz CT molecular complexity index is 1070. The lowest BCUT2D eigenvalue weighted by molar-refractivity contribution is -0.936. The summed E-state index contributed by atoms with van der Waals surface area (Å²) in [7, 11) is 0. The van der Waals surface area contributed by atoms with Gasteiger partial charge in [0, 0.05) is 12.0 Å². The average molecular weight is 395 g/mol. The molecule has 144 valence electrons. The molecule has 0 radical (unpaired) electrons. The molecule has 2 heterocycles. The molecular formula is C22H24N3O2S+. The molecule has 0 saturated carbocycles. The highest BCUT2D eigenvalue weighted by atomic mass is 32.1. The Morgan fingerprint density at radius 2 is 1.89 bits per heavy atom. The molecule has 4 N–H and O–H groups in total. The molecule has 2 aromatic carbocycles. The zero-order valence-corrected chi connectivity index (χ0v) is 16.9. The maximum Gasteiger partial charge on any atom is 0.256 e. The number of carbonyl (C=O) groups excluding carboxylic acids is 2. The van der Waals surface area contributed by atoms with E-state index in [4.69, 9.17) is 5.73 Å². The van der Waals surface area contributed by atoms with E-state index < -0.39 is 5.91 Å². The maximum atomic E-state index is 12.9. The Morgan fingerprint density at radius 1 is 1.14 bits per heavy atom. The molecule has 0 bridgehead atoms. The van der Waals surface area contributed by atoms with Gasteiger partial charge in [0.25, 0.3) is 11.8 Å². The van der Waals surface area contributed by atoms with Gasteiger partial charge in [-0.3, -0.25) is 9.59 Å². The maximum absolute atomic E-state index is 12.9. The lowest BCUT2D eigenvalue weighted by atomic mass is 10.0. The van der Waals surface area contributed by atoms with Crippen LogP contribution in [0, 0.1) is 0 Å². The van der Waals surface area contributed by atoms with Crippen LogP contribution in [0.5, 0.6) is 0 Å². The van der Waals surface area contributed by atoms with E-state index in [1.807, 2.05) is 36.4 Å². The normalized spacial score (nSPS) is 16.2. The monoisotopic (exact) mass is 394 g/mol. The van der Waals surface area contributed by atoms with Crippen LogP contribution in [0.2, 0.25) is 0 Å². The zero-order chi connectivity index (χ0) is 19.8. The van der Waals surface area contributed by atoms with Gasteiger partial charge in [0.2, 0.25) is 0 Å². The summed E-state index contributed by atoms with van der Waals surface area (Å²) < 4.78 is 0. The second kappa shape index (κ2) is 7.37. The summed E-state index contributed by atoms with van der Waals surface area (Å²) in [4.78, 5) is 27.6. The van der Waals surface area contributed by atoms with Crippen LogP contribution in [0.1, 0.15) is 45.0 Å². The van der Waals surface area contributed by atoms with E-state index in [1.165, 1.54) is 16.2 Å². The summed E-state index contributed by atoms with van der Waals surface area (Å²) in [5.74, 6) is -0.695. The lowest BCUT2D eigenvalue weighted by Crippen LogP contribution is -3.14. The van der Waals surface area contributed by atoms with Gasteiger partial charge < -0.3 is 16.0 Å². The molecule has 5 nitrogen and oxygen atoms in total. The van der Waals surface area contributed by atoms with E-state index in [9.17, 15) is 9.59 Å². The highest BCUT2D eigenvalue weighted by molar-refractivity contribution is 7.17. The van der Waals surface area contributed by atoms with E-state index in [1.54, 1.807) is 6.07 Å². The number of anilines is 1. The standard InChI is InChI=1S/C22H23N3O2S/c1-13(2)25-10-9-17-18(12-25)28-22(19(17)20(23)26)24-21(27)16-8-7-14-5-3-4-6-15(14)11-16/h3-8,11,13H,9-10,12H2,1-2H3,(H2,23,26)(H,24,27)/p+1. The minimum atomic E-state index is -0.473. The van der Waals surface area contributed by atoms with Gasteiger partial charge in [-0.25, -0.2) is 0 Å². The first-order valence-electron chi connectivity index (χ1n) is 9.53. The van der Waals surface area contributed by atoms with Gasteiger partial charge in [0.15, 0.2) is 0 Å². The van der Waals surface area contributed by atoms with E-state index >= 15 is 0 Å². The van der Waals surface area contributed by atoms with Crippen molar-refractivity contribution in [1.82, 2.24) is 0 Å². The van der Waals surface area contributed by atoms with Crippen molar-refractivity contribution >= 4 is 38.9 Å². The van der Waals surface area contributed by atoms with Crippen molar-refractivity contribution in [3.63, 3.8) is 0 Å². The molecule has 1 atom stereocenters. The number of fused-ring (bicyclic) bond motifs is 2. The number of thiophene rings is 1. The van der Waals surface area contributed by atoms with Crippen LogP contribution in [0.4, 0.5) is 5.00 Å².